The summed E-state index contributed by atoms with van der Waals surface area (Å²) in [7, 11) is 0. The monoisotopic (exact) mass is 286 g/mol. The zero-order chi connectivity index (χ0) is 14.2. The second-order valence-corrected chi connectivity index (χ2v) is 4.22. The first kappa shape index (κ1) is 13.3. The number of nitrogens with one attached hydrogen (secondary N) is 2. The predicted molar refractivity (Wildman–Crippen MR) is 67.1 cm³/mol. The maximum absolute atomic E-state index is 13.5. The van der Waals surface area contributed by atoms with Crippen LogP contribution in [-0.4, -0.2) is 16.1 Å². The highest BCUT2D eigenvalue weighted by Gasteiger charge is 2.19. The minimum atomic E-state index is -0.982. The number of hydrogen-bond donors (Lipinski definition) is 3. The third-order valence-corrected chi connectivity index (χ3v) is 2.75. The largest absolute Gasteiger partial charge is 0.395 e. The van der Waals surface area contributed by atoms with Crippen molar-refractivity contribution in [3.8, 4) is 0 Å². The van der Waals surface area contributed by atoms with Crippen molar-refractivity contribution >= 4 is 28.9 Å². The molecule has 0 fully saturated rings. The smallest absolute Gasteiger partial charge is 0.278 e. The zero-order valence-electron chi connectivity index (χ0n) is 9.72. The number of benzene rings is 1. The Hall–Kier alpha value is -2.15. The molecule has 0 atom stereocenters. The molecule has 4 N–H and O–H groups in total. The predicted octanol–water partition coefficient (Wildman–Crippen LogP) is 2.48. The van der Waals surface area contributed by atoms with Crippen molar-refractivity contribution in [3.05, 3.63) is 40.2 Å². The zero-order valence-corrected chi connectivity index (χ0v) is 10.5. The van der Waals surface area contributed by atoms with E-state index in [9.17, 15) is 13.6 Å². The number of halogens is 3. The number of aromatic nitrogens is 2. The van der Waals surface area contributed by atoms with E-state index in [0.717, 1.165) is 6.07 Å². The Bertz CT molecular complexity index is 633. The number of anilines is 2. The van der Waals surface area contributed by atoms with Crippen LogP contribution in [0.4, 0.5) is 20.2 Å². The normalized spacial score (nSPS) is 10.5. The van der Waals surface area contributed by atoms with E-state index in [1.54, 1.807) is 6.92 Å². The van der Waals surface area contributed by atoms with Gasteiger partial charge in [-0.15, -0.1) is 0 Å². The number of nitrogen functional groups attached to an aromatic ring is 1. The molecule has 19 heavy (non-hydrogen) atoms. The maximum atomic E-state index is 13.5. The van der Waals surface area contributed by atoms with Gasteiger partial charge in [0, 0.05) is 6.07 Å². The molecule has 0 aliphatic heterocycles. The molecule has 1 heterocycles. The molecule has 100 valence electrons. The first-order valence-corrected chi connectivity index (χ1v) is 5.54. The Morgan fingerprint density at radius 3 is 2.68 bits per heavy atom. The molecule has 2 rings (SSSR count). The van der Waals surface area contributed by atoms with Crippen LogP contribution in [-0.2, 0) is 0 Å². The van der Waals surface area contributed by atoms with E-state index in [-0.39, 0.29) is 22.1 Å². The number of rotatable bonds is 2. The Labute approximate surface area is 111 Å². The van der Waals surface area contributed by atoms with Gasteiger partial charge in [0.1, 0.15) is 5.82 Å². The Morgan fingerprint density at radius 1 is 1.47 bits per heavy atom. The summed E-state index contributed by atoms with van der Waals surface area (Å²) in [6.07, 6.45) is 0. The Kier molecular flexibility index (Phi) is 3.39. The van der Waals surface area contributed by atoms with Crippen molar-refractivity contribution in [2.24, 2.45) is 0 Å². The van der Waals surface area contributed by atoms with Gasteiger partial charge in [0.25, 0.3) is 5.91 Å². The topological polar surface area (TPSA) is 83.8 Å². The van der Waals surface area contributed by atoms with Gasteiger partial charge in [0.2, 0.25) is 0 Å². The van der Waals surface area contributed by atoms with Crippen molar-refractivity contribution in [3.63, 3.8) is 0 Å². The van der Waals surface area contributed by atoms with Crippen molar-refractivity contribution in [1.29, 1.82) is 0 Å². The highest BCUT2D eigenvalue weighted by atomic mass is 35.5. The quantitative estimate of drug-likeness (QED) is 0.793. The van der Waals surface area contributed by atoms with Crippen molar-refractivity contribution in [2.45, 2.75) is 6.92 Å². The molecule has 0 radical (unpaired) electrons. The van der Waals surface area contributed by atoms with Crippen LogP contribution in [0.2, 0.25) is 5.02 Å². The van der Waals surface area contributed by atoms with Gasteiger partial charge in [0.05, 0.1) is 22.1 Å². The lowest BCUT2D eigenvalue weighted by Crippen LogP contribution is -2.15. The number of carbonyl (C=O) groups is 1. The number of hydrogen-bond acceptors (Lipinski definition) is 3. The van der Waals surface area contributed by atoms with E-state index in [0.29, 0.717) is 11.8 Å². The molecule has 0 saturated heterocycles. The summed E-state index contributed by atoms with van der Waals surface area (Å²) in [4.78, 5) is 11.8. The van der Waals surface area contributed by atoms with E-state index < -0.39 is 17.5 Å². The van der Waals surface area contributed by atoms with Crippen LogP contribution in [0, 0.1) is 18.6 Å². The summed E-state index contributed by atoms with van der Waals surface area (Å²) in [5.41, 5.74) is 5.86. The van der Waals surface area contributed by atoms with Crippen LogP contribution in [0.5, 0.6) is 0 Å². The van der Waals surface area contributed by atoms with Crippen molar-refractivity contribution in [2.75, 3.05) is 11.1 Å². The molecule has 0 aliphatic carbocycles. The number of carbonyl (C=O) groups excluding carboxylic acids is 1. The molecule has 0 unspecified atom stereocenters. The molecule has 0 bridgehead atoms. The number of aryl methyl sites for hydroxylation is 1. The number of nitrogens with two attached hydrogens (primary N) is 1. The molecule has 1 amide bonds. The van der Waals surface area contributed by atoms with Crippen molar-refractivity contribution < 1.29 is 13.6 Å². The second-order valence-electron chi connectivity index (χ2n) is 3.81. The molecule has 2 aromatic rings. The van der Waals surface area contributed by atoms with Gasteiger partial charge in [-0.1, -0.05) is 11.6 Å². The molecule has 0 spiro atoms. The lowest BCUT2D eigenvalue weighted by atomic mass is 10.2. The first-order chi connectivity index (χ1) is 8.90. The fourth-order valence-corrected chi connectivity index (χ4v) is 1.69. The van der Waals surface area contributed by atoms with Gasteiger partial charge in [-0.3, -0.25) is 9.89 Å². The van der Waals surface area contributed by atoms with E-state index in [4.69, 9.17) is 17.3 Å². The minimum Gasteiger partial charge on any atom is -0.395 e. The summed E-state index contributed by atoms with van der Waals surface area (Å²) in [6.45, 7) is 1.63. The average Bonchev–Trinajstić information content (AvgIpc) is 2.64. The van der Waals surface area contributed by atoms with Gasteiger partial charge in [-0.05, 0) is 13.0 Å². The first-order valence-electron chi connectivity index (χ1n) is 5.16. The Morgan fingerprint density at radius 2 is 2.16 bits per heavy atom. The minimum absolute atomic E-state index is 0.0858. The molecule has 1 aromatic carbocycles. The highest BCUT2D eigenvalue weighted by molar-refractivity contribution is 6.34. The van der Waals surface area contributed by atoms with Crippen LogP contribution in [0.15, 0.2) is 12.1 Å². The summed E-state index contributed by atoms with van der Waals surface area (Å²) in [6, 6.07) is 1.50. The highest BCUT2D eigenvalue weighted by Crippen LogP contribution is 2.27. The Balaban J connectivity index is 2.32. The van der Waals surface area contributed by atoms with Crippen LogP contribution < -0.4 is 11.1 Å². The third-order valence-electron chi connectivity index (χ3n) is 2.46. The molecular weight excluding hydrogens is 278 g/mol. The molecule has 5 nitrogen and oxygen atoms in total. The molecule has 1 aromatic heterocycles. The number of nitrogens with zero attached hydrogens (tertiary/aromatic N) is 1. The van der Waals surface area contributed by atoms with E-state index in [2.05, 4.69) is 15.5 Å². The summed E-state index contributed by atoms with van der Waals surface area (Å²) < 4.78 is 26.4. The van der Waals surface area contributed by atoms with Crippen LogP contribution in [0.25, 0.3) is 0 Å². The number of H-pyrrole nitrogens is 1. The average molecular weight is 287 g/mol. The van der Waals surface area contributed by atoms with Crippen LogP contribution >= 0.6 is 11.6 Å². The van der Waals surface area contributed by atoms with Crippen molar-refractivity contribution in [1.82, 2.24) is 10.2 Å². The fraction of sp³-hybridized carbons (Fsp3) is 0.0909. The summed E-state index contributed by atoms with van der Waals surface area (Å²) in [5, 5.41) is 8.15. The lowest BCUT2D eigenvalue weighted by Gasteiger charge is -2.07. The second kappa shape index (κ2) is 4.85. The summed E-state index contributed by atoms with van der Waals surface area (Å²) >= 11 is 5.66. The summed E-state index contributed by atoms with van der Waals surface area (Å²) in [5.74, 6) is -2.56. The van der Waals surface area contributed by atoms with Gasteiger partial charge in [0.15, 0.2) is 11.5 Å². The number of aromatic amines is 1. The van der Waals surface area contributed by atoms with E-state index >= 15 is 0 Å². The van der Waals surface area contributed by atoms with Gasteiger partial charge >= 0.3 is 0 Å². The van der Waals surface area contributed by atoms with E-state index in [1.165, 1.54) is 0 Å². The van der Waals surface area contributed by atoms with Gasteiger partial charge < -0.3 is 11.1 Å². The third kappa shape index (κ3) is 2.50. The maximum Gasteiger partial charge on any atom is 0.278 e. The van der Waals surface area contributed by atoms with Gasteiger partial charge in [-0.25, -0.2) is 8.78 Å². The molecule has 0 aliphatic rings. The molecular formula is C11H9ClF2N4O. The van der Waals surface area contributed by atoms with E-state index in [1.807, 2.05) is 0 Å². The lowest BCUT2D eigenvalue weighted by molar-refractivity contribution is 0.102. The standard InChI is InChI=1S/C11H9ClF2N4O/c1-4-8(15)10(18-17-4)11(19)16-9-6(12)2-5(13)3-7(9)14/h2-3H,15H2,1H3,(H,16,19)(H,17,18). The van der Waals surface area contributed by atoms with Crippen LogP contribution in [0.1, 0.15) is 16.2 Å². The van der Waals surface area contributed by atoms with Gasteiger partial charge in [-0.2, -0.15) is 5.10 Å². The number of amides is 1. The fourth-order valence-electron chi connectivity index (χ4n) is 1.45. The molecule has 0 saturated carbocycles. The SMILES string of the molecule is Cc1[nH]nc(C(=O)Nc2c(F)cc(F)cc2Cl)c1N. The molecule has 8 heteroatoms. The van der Waals surface area contributed by atoms with Crippen LogP contribution in [0.3, 0.4) is 0 Å².